The lowest BCUT2D eigenvalue weighted by molar-refractivity contribution is -0.543. The second-order valence-electron chi connectivity index (χ2n) is 8.47. The van der Waals surface area contributed by atoms with Gasteiger partial charge >= 0.3 is 0 Å². The van der Waals surface area contributed by atoms with Crippen LogP contribution in [-0.2, 0) is 19.3 Å². The van der Waals surface area contributed by atoms with Gasteiger partial charge in [0.25, 0.3) is 0 Å². The van der Waals surface area contributed by atoms with Crippen molar-refractivity contribution in [1.29, 1.82) is 0 Å². The van der Waals surface area contributed by atoms with Gasteiger partial charge in [0.1, 0.15) is 5.60 Å². The summed E-state index contributed by atoms with van der Waals surface area (Å²) >= 11 is 0. The summed E-state index contributed by atoms with van der Waals surface area (Å²) < 4.78 is 6.16. The summed E-state index contributed by atoms with van der Waals surface area (Å²) in [6, 6.07) is 0. The first-order valence-electron chi connectivity index (χ1n) is 9.14. The van der Waals surface area contributed by atoms with E-state index in [0.29, 0.717) is 23.7 Å². The van der Waals surface area contributed by atoms with Crippen LogP contribution in [0.25, 0.3) is 0 Å². The third-order valence-corrected chi connectivity index (χ3v) is 7.18. The summed E-state index contributed by atoms with van der Waals surface area (Å²) in [6.45, 7) is 10.4. The van der Waals surface area contributed by atoms with E-state index in [4.69, 9.17) is 14.5 Å². The molecule has 3 aliphatic heterocycles. The van der Waals surface area contributed by atoms with Crippen LogP contribution in [0.2, 0.25) is 0 Å². The molecule has 3 heterocycles. The minimum absolute atomic E-state index is 0.0125. The second kappa shape index (κ2) is 4.71. The molecule has 4 fully saturated rings. The van der Waals surface area contributed by atoms with E-state index in [1.165, 1.54) is 0 Å². The van der Waals surface area contributed by atoms with Gasteiger partial charge in [-0.05, 0) is 44.1 Å². The Bertz CT molecular complexity index is 752. The van der Waals surface area contributed by atoms with Crippen LogP contribution in [0, 0.1) is 23.7 Å². The maximum atomic E-state index is 13.1. The topological polar surface area (TPSA) is 65.0 Å². The minimum Gasteiger partial charge on any atom is -0.388 e. The molecule has 1 saturated carbocycles. The largest absolute Gasteiger partial charge is 0.388 e. The van der Waals surface area contributed by atoms with Gasteiger partial charge in [-0.25, -0.2) is 4.89 Å². The Labute approximate surface area is 147 Å². The highest BCUT2D eigenvalue weighted by molar-refractivity contribution is 6.10. The van der Waals surface area contributed by atoms with E-state index in [1.807, 2.05) is 13.8 Å². The van der Waals surface area contributed by atoms with E-state index in [1.54, 1.807) is 0 Å². The third-order valence-electron chi connectivity index (χ3n) is 7.18. The first-order chi connectivity index (χ1) is 11.8. The molecule has 1 N–H and O–H groups in total. The molecule has 134 valence electrons. The SMILES string of the molecule is C=C(C)[C@H]1CC[C@]23CO[C@]4(OO2)C2=C(C(=O)C(C)=C[C@H]1[C@H]23)[C@@H](O)[C@@H]4C. The number of ketones is 1. The van der Waals surface area contributed by atoms with Crippen LogP contribution in [0.15, 0.2) is 34.9 Å². The van der Waals surface area contributed by atoms with Crippen LogP contribution in [0.3, 0.4) is 0 Å². The Kier molecular flexibility index (Phi) is 3.00. The number of hydrogen-bond acceptors (Lipinski definition) is 5. The molecule has 0 unspecified atom stereocenters. The molecule has 0 aromatic heterocycles. The Hall–Kier alpha value is -1.27. The molecule has 5 nitrogen and oxygen atoms in total. The zero-order chi connectivity index (χ0) is 17.7. The van der Waals surface area contributed by atoms with Crippen molar-refractivity contribution in [3.63, 3.8) is 0 Å². The Morgan fingerprint density at radius 1 is 1.40 bits per heavy atom. The normalized spacial score (nSPS) is 50.5. The summed E-state index contributed by atoms with van der Waals surface area (Å²) in [5.74, 6) is -1.20. The number of rotatable bonds is 1. The molecule has 7 atom stereocenters. The molecule has 2 bridgehead atoms. The summed E-state index contributed by atoms with van der Waals surface area (Å²) in [7, 11) is 0. The van der Waals surface area contributed by atoms with Crippen molar-refractivity contribution in [3.8, 4) is 0 Å². The van der Waals surface area contributed by atoms with Gasteiger partial charge in [0, 0.05) is 23.0 Å². The van der Waals surface area contributed by atoms with E-state index >= 15 is 0 Å². The lowest BCUT2D eigenvalue weighted by Crippen LogP contribution is -2.68. The number of aliphatic hydroxyl groups is 1. The van der Waals surface area contributed by atoms with Crippen LogP contribution < -0.4 is 0 Å². The molecule has 0 radical (unpaired) electrons. The van der Waals surface area contributed by atoms with E-state index in [-0.39, 0.29) is 23.5 Å². The van der Waals surface area contributed by atoms with Crippen molar-refractivity contribution in [2.24, 2.45) is 23.7 Å². The molecule has 6 aliphatic rings. The number of hydrogen-bond donors (Lipinski definition) is 1. The van der Waals surface area contributed by atoms with Crippen LogP contribution in [0.1, 0.15) is 33.6 Å². The first-order valence-corrected chi connectivity index (χ1v) is 9.14. The minimum atomic E-state index is -1.13. The average molecular weight is 344 g/mol. The third kappa shape index (κ3) is 1.66. The highest BCUT2D eigenvalue weighted by atomic mass is 17.3. The average Bonchev–Trinajstić information content (AvgIpc) is 2.73. The van der Waals surface area contributed by atoms with Gasteiger partial charge in [-0.15, -0.1) is 0 Å². The van der Waals surface area contributed by atoms with Gasteiger partial charge < -0.3 is 9.84 Å². The molecule has 25 heavy (non-hydrogen) atoms. The summed E-state index contributed by atoms with van der Waals surface area (Å²) in [5, 5.41) is 10.9. The Morgan fingerprint density at radius 3 is 2.80 bits per heavy atom. The number of ether oxygens (including phenoxy) is 1. The zero-order valence-electron chi connectivity index (χ0n) is 14.9. The van der Waals surface area contributed by atoms with Crippen molar-refractivity contribution >= 4 is 5.78 Å². The lowest BCUT2D eigenvalue weighted by atomic mass is 9.58. The van der Waals surface area contributed by atoms with Gasteiger partial charge in [-0.3, -0.25) is 4.79 Å². The van der Waals surface area contributed by atoms with Crippen molar-refractivity contribution in [2.75, 3.05) is 6.61 Å². The fraction of sp³-hybridized carbons (Fsp3) is 0.650. The van der Waals surface area contributed by atoms with Gasteiger partial charge in [0.15, 0.2) is 5.78 Å². The fourth-order valence-electron chi connectivity index (χ4n) is 5.85. The molecular weight excluding hydrogens is 320 g/mol. The van der Waals surface area contributed by atoms with Gasteiger partial charge in [-0.2, -0.15) is 4.89 Å². The highest BCUT2D eigenvalue weighted by Gasteiger charge is 2.72. The number of Topliss-reactive ketones (excluding diaryl/α,β-unsaturated/α-hetero) is 1. The summed E-state index contributed by atoms with van der Waals surface area (Å²) in [5.41, 5.74) is 2.55. The molecular formula is C20H24O5. The van der Waals surface area contributed by atoms with Crippen molar-refractivity contribution in [3.05, 3.63) is 34.9 Å². The molecule has 0 aromatic rings. The number of carbonyl (C=O) groups excluding carboxylic acids is 1. The number of carbonyl (C=O) groups is 1. The molecule has 3 saturated heterocycles. The molecule has 3 aliphatic carbocycles. The fourth-order valence-corrected chi connectivity index (χ4v) is 5.85. The molecule has 2 spiro atoms. The number of allylic oxidation sites excluding steroid dienone is 3. The second-order valence-corrected chi connectivity index (χ2v) is 8.47. The maximum absolute atomic E-state index is 13.1. The van der Waals surface area contributed by atoms with Crippen LogP contribution in [0.4, 0.5) is 0 Å². The number of aliphatic hydroxyl groups excluding tert-OH is 1. The predicted octanol–water partition coefficient (Wildman–Crippen LogP) is 2.47. The van der Waals surface area contributed by atoms with Gasteiger partial charge in [-0.1, -0.05) is 25.2 Å². The van der Waals surface area contributed by atoms with E-state index in [0.717, 1.165) is 24.0 Å². The molecule has 6 rings (SSSR count). The Balaban J connectivity index is 1.80. The van der Waals surface area contributed by atoms with Crippen molar-refractivity contribution in [2.45, 2.75) is 51.1 Å². The van der Waals surface area contributed by atoms with Crippen LogP contribution >= 0.6 is 0 Å². The number of fused-ring (bicyclic) bond motifs is 2. The smallest absolute Gasteiger partial charge is 0.230 e. The zero-order valence-corrected chi connectivity index (χ0v) is 14.9. The molecule has 5 heteroatoms. The molecule has 0 amide bonds. The van der Waals surface area contributed by atoms with Crippen LogP contribution in [0.5, 0.6) is 0 Å². The lowest BCUT2D eigenvalue weighted by Gasteiger charge is -2.61. The van der Waals surface area contributed by atoms with Crippen LogP contribution in [-0.4, -0.2) is 35.0 Å². The highest BCUT2D eigenvalue weighted by Crippen LogP contribution is 2.65. The summed E-state index contributed by atoms with van der Waals surface area (Å²) in [4.78, 5) is 24.8. The monoisotopic (exact) mass is 344 g/mol. The van der Waals surface area contributed by atoms with Crippen molar-refractivity contribution < 1.29 is 24.4 Å². The van der Waals surface area contributed by atoms with E-state index < -0.39 is 17.5 Å². The molecule has 0 aromatic carbocycles. The van der Waals surface area contributed by atoms with E-state index in [9.17, 15) is 9.90 Å². The summed E-state index contributed by atoms with van der Waals surface area (Å²) in [6.07, 6.45) is 2.91. The van der Waals surface area contributed by atoms with Crippen molar-refractivity contribution in [1.82, 2.24) is 0 Å². The quantitative estimate of drug-likeness (QED) is 0.585. The first kappa shape index (κ1) is 15.9. The Morgan fingerprint density at radius 2 is 2.16 bits per heavy atom. The standard InChI is InChI=1S/C20H24O5/c1-9(2)12-5-6-19-8-23-20(25-24-19)11(4)18(22)14-16(20)15(19)13(12)7-10(3)17(14)21/h7,11-13,15,18,22H,1,5-6,8H2,2-4H3/t11-,12+,13+,15+,18-,19+,20+/m0/s1. The maximum Gasteiger partial charge on any atom is 0.230 e. The predicted molar refractivity (Wildman–Crippen MR) is 89.1 cm³/mol. The van der Waals surface area contributed by atoms with E-state index in [2.05, 4.69) is 19.6 Å². The van der Waals surface area contributed by atoms with Gasteiger partial charge in [0.05, 0.1) is 12.7 Å². The van der Waals surface area contributed by atoms with Gasteiger partial charge in [0.2, 0.25) is 5.79 Å².